The van der Waals surface area contributed by atoms with Crippen LogP contribution in [0.4, 0.5) is 0 Å². The third-order valence-corrected chi connectivity index (χ3v) is 7.89. The highest BCUT2D eigenvalue weighted by molar-refractivity contribution is 5.78. The van der Waals surface area contributed by atoms with Gasteiger partial charge in [-0.15, -0.1) is 0 Å². The van der Waals surface area contributed by atoms with Crippen LogP contribution in [-0.4, -0.2) is 77.9 Å². The monoisotopic (exact) mass is 570 g/mol. The first-order valence-electron chi connectivity index (χ1n) is 14.3. The van der Waals surface area contributed by atoms with Crippen LogP contribution in [-0.2, 0) is 27.5 Å². The number of carboxylic acids is 1. The zero-order chi connectivity index (χ0) is 28.9. The summed E-state index contributed by atoms with van der Waals surface area (Å²) in [5, 5.41) is 21.9. The SMILES string of the molecule is CCCON(CCC)C(=O)CN1C[C@H](c2cc(CO)c3c(c2)OCO3)[C@@H](C(=O)O)[C@@H]1CCc1cccc2c1OCO2. The number of hydrogen-bond acceptors (Lipinski definition) is 9. The minimum Gasteiger partial charge on any atom is -0.481 e. The van der Waals surface area contributed by atoms with Crippen molar-refractivity contribution < 1.29 is 43.6 Å². The van der Waals surface area contributed by atoms with Gasteiger partial charge in [-0.25, -0.2) is 5.06 Å². The van der Waals surface area contributed by atoms with Crippen molar-refractivity contribution in [1.82, 2.24) is 9.96 Å². The molecule has 1 saturated heterocycles. The van der Waals surface area contributed by atoms with Gasteiger partial charge in [0.2, 0.25) is 13.6 Å². The van der Waals surface area contributed by atoms with Crippen LogP contribution in [0.25, 0.3) is 0 Å². The maximum Gasteiger partial charge on any atom is 0.308 e. The Hall–Kier alpha value is -3.54. The fraction of sp³-hybridized carbons (Fsp3) is 0.533. The van der Waals surface area contributed by atoms with Crippen molar-refractivity contribution >= 4 is 11.9 Å². The second-order valence-electron chi connectivity index (χ2n) is 10.6. The molecule has 3 aliphatic rings. The summed E-state index contributed by atoms with van der Waals surface area (Å²) in [7, 11) is 0. The summed E-state index contributed by atoms with van der Waals surface area (Å²) in [6.07, 6.45) is 2.54. The molecular weight excluding hydrogens is 532 g/mol. The molecule has 1 amide bonds. The molecule has 2 aromatic carbocycles. The number of aliphatic carboxylic acids is 1. The molecule has 0 saturated carbocycles. The van der Waals surface area contributed by atoms with Crippen LogP contribution >= 0.6 is 0 Å². The maximum absolute atomic E-state index is 13.4. The molecule has 0 radical (unpaired) electrons. The van der Waals surface area contributed by atoms with Gasteiger partial charge < -0.3 is 29.2 Å². The van der Waals surface area contributed by atoms with E-state index in [-0.39, 0.29) is 32.6 Å². The lowest BCUT2D eigenvalue weighted by atomic mass is 9.82. The molecule has 2 aromatic rings. The third kappa shape index (κ3) is 6.07. The van der Waals surface area contributed by atoms with Crippen LogP contribution < -0.4 is 18.9 Å². The molecule has 0 spiro atoms. The Morgan fingerprint density at radius 1 is 1.02 bits per heavy atom. The average Bonchev–Trinajstić information content (AvgIpc) is 3.72. The van der Waals surface area contributed by atoms with Crippen molar-refractivity contribution in [3.63, 3.8) is 0 Å². The molecular formula is C30H38N2O9. The van der Waals surface area contributed by atoms with Crippen LogP contribution in [0.15, 0.2) is 30.3 Å². The number of aryl methyl sites for hydroxylation is 1. The molecule has 11 nitrogen and oxygen atoms in total. The largest absolute Gasteiger partial charge is 0.481 e. The number of hydrogen-bond donors (Lipinski definition) is 2. The predicted molar refractivity (Wildman–Crippen MR) is 147 cm³/mol. The third-order valence-electron chi connectivity index (χ3n) is 7.89. The lowest BCUT2D eigenvalue weighted by Gasteiger charge is -2.29. The van der Waals surface area contributed by atoms with E-state index in [2.05, 4.69) is 0 Å². The smallest absolute Gasteiger partial charge is 0.308 e. The Labute approximate surface area is 239 Å². The molecule has 41 heavy (non-hydrogen) atoms. The Morgan fingerprint density at radius 3 is 2.49 bits per heavy atom. The normalized spacial score (nSPS) is 20.9. The number of benzene rings is 2. The summed E-state index contributed by atoms with van der Waals surface area (Å²) in [5.41, 5.74) is 2.21. The minimum atomic E-state index is -0.941. The highest BCUT2D eigenvalue weighted by atomic mass is 16.7. The number of aliphatic hydroxyl groups is 1. The Kier molecular flexibility index (Phi) is 9.16. The van der Waals surface area contributed by atoms with E-state index in [0.29, 0.717) is 61.1 Å². The van der Waals surface area contributed by atoms with Crippen LogP contribution in [0.2, 0.25) is 0 Å². The molecule has 5 rings (SSSR count). The number of hydroxylamine groups is 2. The molecule has 3 heterocycles. The summed E-state index contributed by atoms with van der Waals surface area (Å²) in [4.78, 5) is 34.0. The first kappa shape index (κ1) is 29.0. The first-order chi connectivity index (χ1) is 19.9. The highest BCUT2D eigenvalue weighted by Crippen LogP contribution is 2.45. The van der Waals surface area contributed by atoms with Gasteiger partial charge in [0, 0.05) is 30.6 Å². The fourth-order valence-electron chi connectivity index (χ4n) is 6.04. The summed E-state index contributed by atoms with van der Waals surface area (Å²) >= 11 is 0. The van der Waals surface area contributed by atoms with Gasteiger partial charge in [0.05, 0.1) is 25.7 Å². The van der Waals surface area contributed by atoms with E-state index >= 15 is 0 Å². The quantitative estimate of drug-likeness (QED) is 0.346. The van der Waals surface area contributed by atoms with Crippen molar-refractivity contribution in [1.29, 1.82) is 0 Å². The Balaban J connectivity index is 1.45. The number of carboxylic acid groups (broad SMARTS) is 1. The summed E-state index contributed by atoms with van der Waals surface area (Å²) in [6, 6.07) is 8.84. The zero-order valence-corrected chi connectivity index (χ0v) is 23.5. The summed E-state index contributed by atoms with van der Waals surface area (Å²) < 4.78 is 22.3. The van der Waals surface area contributed by atoms with Gasteiger partial charge >= 0.3 is 5.97 Å². The molecule has 3 atom stereocenters. The van der Waals surface area contributed by atoms with E-state index in [4.69, 9.17) is 23.8 Å². The van der Waals surface area contributed by atoms with Crippen molar-refractivity contribution in [3.8, 4) is 23.0 Å². The molecule has 11 heteroatoms. The fourth-order valence-corrected chi connectivity index (χ4v) is 6.04. The first-order valence-corrected chi connectivity index (χ1v) is 14.3. The molecule has 2 N–H and O–H groups in total. The van der Waals surface area contributed by atoms with Crippen LogP contribution in [0.5, 0.6) is 23.0 Å². The van der Waals surface area contributed by atoms with Gasteiger partial charge in [-0.1, -0.05) is 26.0 Å². The summed E-state index contributed by atoms with van der Waals surface area (Å²) in [6.45, 7) is 5.14. The van der Waals surface area contributed by atoms with Crippen LogP contribution in [0.1, 0.15) is 55.7 Å². The molecule has 0 unspecified atom stereocenters. The number of carbonyl (C=O) groups is 2. The van der Waals surface area contributed by atoms with Gasteiger partial charge in [0.25, 0.3) is 5.91 Å². The van der Waals surface area contributed by atoms with E-state index in [0.717, 1.165) is 24.0 Å². The van der Waals surface area contributed by atoms with Crippen LogP contribution in [0, 0.1) is 5.92 Å². The van der Waals surface area contributed by atoms with E-state index in [1.54, 1.807) is 12.1 Å². The summed E-state index contributed by atoms with van der Waals surface area (Å²) in [5.74, 6) is -0.0650. The second kappa shape index (κ2) is 13.0. The van der Waals surface area contributed by atoms with Gasteiger partial charge in [0.1, 0.15) is 0 Å². The molecule has 1 fully saturated rings. The molecule has 0 bridgehead atoms. The highest BCUT2D eigenvalue weighted by Gasteiger charge is 2.47. The van der Waals surface area contributed by atoms with E-state index in [1.807, 2.05) is 36.9 Å². The molecule has 0 aliphatic carbocycles. The van der Waals surface area contributed by atoms with Crippen molar-refractivity contribution in [2.45, 2.75) is 58.1 Å². The van der Waals surface area contributed by atoms with Gasteiger partial charge in [-0.05, 0) is 55.0 Å². The predicted octanol–water partition coefficient (Wildman–Crippen LogP) is 3.32. The number of amides is 1. The lowest BCUT2D eigenvalue weighted by Crippen LogP contribution is -2.44. The van der Waals surface area contributed by atoms with Crippen molar-refractivity contribution in [2.75, 3.05) is 39.8 Å². The molecule has 222 valence electrons. The zero-order valence-electron chi connectivity index (χ0n) is 23.5. The minimum absolute atomic E-state index is 0.0264. The van der Waals surface area contributed by atoms with Gasteiger partial charge in [-0.2, -0.15) is 0 Å². The number of rotatable bonds is 13. The number of fused-ring (bicyclic) bond motifs is 2. The lowest BCUT2D eigenvalue weighted by molar-refractivity contribution is -0.188. The van der Waals surface area contributed by atoms with E-state index in [1.165, 1.54) is 5.06 Å². The van der Waals surface area contributed by atoms with Crippen LogP contribution in [0.3, 0.4) is 0 Å². The Bertz CT molecular complexity index is 1250. The van der Waals surface area contributed by atoms with E-state index in [9.17, 15) is 19.8 Å². The number of para-hydroxylation sites is 1. The van der Waals surface area contributed by atoms with E-state index < -0.39 is 23.8 Å². The number of ether oxygens (including phenoxy) is 4. The average molecular weight is 571 g/mol. The van der Waals surface area contributed by atoms with Gasteiger partial charge in [-0.3, -0.25) is 19.3 Å². The van der Waals surface area contributed by atoms with Crippen molar-refractivity contribution in [2.24, 2.45) is 5.92 Å². The van der Waals surface area contributed by atoms with Crippen molar-refractivity contribution in [3.05, 3.63) is 47.0 Å². The topological polar surface area (TPSA) is 127 Å². The standard InChI is InChI=1S/C30H38N2O9/c1-3-10-32(41-11-4-2)26(34)15-31-14-22(20-12-21(16-33)29-25(13-20)38-18-40-29)27(30(35)36)23(31)9-8-19-6-5-7-24-28(19)39-17-37-24/h5-7,12-13,22-23,27,33H,3-4,8-11,14-18H2,1-2H3,(H,35,36)/t22-,23+,27-/m1/s1. The number of nitrogens with zero attached hydrogens (tertiary/aromatic N) is 2. The Morgan fingerprint density at radius 2 is 1.78 bits per heavy atom. The molecule has 3 aliphatic heterocycles. The number of carbonyl (C=O) groups excluding carboxylic acids is 1. The molecule has 0 aromatic heterocycles. The van der Waals surface area contributed by atoms with Gasteiger partial charge in [0.15, 0.2) is 23.0 Å². The number of aliphatic hydroxyl groups excluding tert-OH is 1. The second-order valence-corrected chi connectivity index (χ2v) is 10.6. The maximum atomic E-state index is 13.4. The number of likely N-dealkylation sites (tertiary alicyclic amines) is 1.